The second-order valence-corrected chi connectivity index (χ2v) is 5.22. The van der Waals surface area contributed by atoms with Gasteiger partial charge in [0.25, 0.3) is 5.56 Å². The smallest absolute Gasteiger partial charge is 0.312 e. The number of fused-ring (bicyclic) bond motifs is 3. The van der Waals surface area contributed by atoms with Gasteiger partial charge in [-0.3, -0.25) is 14.3 Å². The first-order valence-corrected chi connectivity index (χ1v) is 7.32. The number of nitrogens with one attached hydrogen (secondary N) is 1. The summed E-state index contributed by atoms with van der Waals surface area (Å²) in [5, 5.41) is 15.4. The normalized spacial score (nSPS) is 12.8. The number of aromatic nitrogens is 3. The van der Waals surface area contributed by atoms with Crippen molar-refractivity contribution in [1.29, 1.82) is 0 Å². The van der Waals surface area contributed by atoms with Crippen LogP contribution in [-0.2, 0) is 11.3 Å². The van der Waals surface area contributed by atoms with E-state index in [1.165, 1.54) is 0 Å². The fourth-order valence-electron chi connectivity index (χ4n) is 2.97. The highest BCUT2D eigenvalue weighted by Gasteiger charge is 2.27. The van der Waals surface area contributed by atoms with Gasteiger partial charge in [-0.05, 0) is 19.4 Å². The van der Waals surface area contributed by atoms with Crippen LogP contribution in [0.3, 0.4) is 0 Å². The first-order valence-electron chi connectivity index (χ1n) is 7.32. The summed E-state index contributed by atoms with van der Waals surface area (Å²) in [6, 6.07) is 7.40. The van der Waals surface area contributed by atoms with Crippen LogP contribution in [0, 0.1) is 0 Å². The van der Waals surface area contributed by atoms with E-state index < -0.39 is 11.9 Å². The number of pyridine rings is 1. The van der Waals surface area contributed by atoms with Crippen molar-refractivity contribution in [3.05, 3.63) is 40.3 Å². The molecule has 2 aromatic heterocycles. The van der Waals surface area contributed by atoms with Crippen molar-refractivity contribution in [1.82, 2.24) is 14.8 Å². The predicted molar refractivity (Wildman–Crippen MR) is 84.2 cm³/mol. The van der Waals surface area contributed by atoms with Crippen molar-refractivity contribution in [2.75, 3.05) is 0 Å². The molecule has 0 saturated heterocycles. The zero-order chi connectivity index (χ0) is 15.9. The van der Waals surface area contributed by atoms with E-state index in [1.54, 1.807) is 4.68 Å². The molecule has 1 aromatic carbocycles. The molecule has 1 atom stereocenters. The van der Waals surface area contributed by atoms with E-state index >= 15 is 0 Å². The average Bonchev–Trinajstić information content (AvgIpc) is 2.88. The Morgan fingerprint density at radius 1 is 1.36 bits per heavy atom. The van der Waals surface area contributed by atoms with Gasteiger partial charge in [0.15, 0.2) is 5.52 Å². The quantitative estimate of drug-likeness (QED) is 0.774. The summed E-state index contributed by atoms with van der Waals surface area (Å²) in [5.41, 5.74) is 1.31. The molecule has 0 radical (unpaired) electrons. The molecular formula is C16H17N3O3. The molecular weight excluding hydrogens is 282 g/mol. The van der Waals surface area contributed by atoms with Crippen LogP contribution in [-0.4, -0.2) is 25.8 Å². The molecule has 0 fully saturated rings. The molecule has 22 heavy (non-hydrogen) atoms. The van der Waals surface area contributed by atoms with Gasteiger partial charge in [-0.1, -0.05) is 25.1 Å². The van der Waals surface area contributed by atoms with Crippen molar-refractivity contribution in [2.45, 2.75) is 32.7 Å². The minimum absolute atomic E-state index is 0.289. The van der Waals surface area contributed by atoms with E-state index in [0.717, 1.165) is 5.39 Å². The van der Waals surface area contributed by atoms with Crippen LogP contribution >= 0.6 is 0 Å². The second-order valence-electron chi connectivity index (χ2n) is 5.22. The van der Waals surface area contributed by atoms with Crippen LogP contribution in [0.4, 0.5) is 0 Å². The fourth-order valence-corrected chi connectivity index (χ4v) is 2.97. The number of hydrogen-bond donors (Lipinski definition) is 2. The number of para-hydroxylation sites is 1. The third kappa shape index (κ3) is 1.99. The fraction of sp³-hybridized carbons (Fsp3) is 0.312. The molecule has 0 aliphatic carbocycles. The first-order chi connectivity index (χ1) is 10.6. The van der Waals surface area contributed by atoms with Gasteiger partial charge in [-0.25, -0.2) is 0 Å². The summed E-state index contributed by atoms with van der Waals surface area (Å²) in [7, 11) is 0. The molecule has 3 rings (SSSR count). The standard InChI is InChI=1S/C16H17N3O3/c1-3-9(16(21)22)14-12-10-7-5-6-8-11(10)17-15(20)13(12)18-19(14)4-2/h5-9H,3-4H2,1-2H3,(H,17,20)(H,21,22). The average molecular weight is 299 g/mol. The third-order valence-corrected chi connectivity index (χ3v) is 3.99. The van der Waals surface area contributed by atoms with Gasteiger partial charge in [0.1, 0.15) is 0 Å². The van der Waals surface area contributed by atoms with Crippen LogP contribution in [0.1, 0.15) is 31.9 Å². The van der Waals surface area contributed by atoms with Gasteiger partial charge in [0.2, 0.25) is 0 Å². The van der Waals surface area contributed by atoms with Crippen molar-refractivity contribution < 1.29 is 9.90 Å². The zero-order valence-electron chi connectivity index (χ0n) is 12.5. The number of hydrogen-bond acceptors (Lipinski definition) is 3. The monoisotopic (exact) mass is 299 g/mol. The topological polar surface area (TPSA) is 88.0 Å². The minimum atomic E-state index is -0.900. The summed E-state index contributed by atoms with van der Waals surface area (Å²) in [5.74, 6) is -1.58. The van der Waals surface area contributed by atoms with Crippen molar-refractivity contribution >= 4 is 27.8 Å². The molecule has 0 saturated carbocycles. The lowest BCUT2D eigenvalue weighted by Gasteiger charge is -2.13. The van der Waals surface area contributed by atoms with Crippen LogP contribution in [0.2, 0.25) is 0 Å². The maximum atomic E-state index is 12.3. The van der Waals surface area contributed by atoms with Crippen LogP contribution < -0.4 is 5.56 Å². The van der Waals surface area contributed by atoms with E-state index in [9.17, 15) is 14.7 Å². The summed E-state index contributed by atoms with van der Waals surface area (Å²) < 4.78 is 1.63. The Kier molecular flexibility index (Phi) is 3.44. The minimum Gasteiger partial charge on any atom is -0.481 e. The summed E-state index contributed by atoms with van der Waals surface area (Å²) in [6.45, 7) is 4.23. The van der Waals surface area contributed by atoms with Crippen molar-refractivity contribution in [3.8, 4) is 0 Å². The van der Waals surface area contributed by atoms with Gasteiger partial charge < -0.3 is 10.1 Å². The Labute approximate surface area is 126 Å². The van der Waals surface area contributed by atoms with Crippen molar-refractivity contribution in [3.63, 3.8) is 0 Å². The van der Waals surface area contributed by atoms with Gasteiger partial charge in [0, 0.05) is 22.8 Å². The molecule has 0 spiro atoms. The number of carbonyl (C=O) groups is 1. The van der Waals surface area contributed by atoms with E-state index in [1.807, 2.05) is 38.1 Å². The number of nitrogens with zero attached hydrogens (tertiary/aromatic N) is 2. The lowest BCUT2D eigenvalue weighted by molar-refractivity contribution is -0.139. The highest BCUT2D eigenvalue weighted by atomic mass is 16.4. The molecule has 0 amide bonds. The second kappa shape index (κ2) is 5.29. The largest absolute Gasteiger partial charge is 0.481 e. The Morgan fingerprint density at radius 2 is 2.09 bits per heavy atom. The molecule has 6 nitrogen and oxygen atoms in total. The van der Waals surface area contributed by atoms with Crippen molar-refractivity contribution in [2.24, 2.45) is 0 Å². The summed E-state index contributed by atoms with van der Waals surface area (Å²) >= 11 is 0. The number of H-pyrrole nitrogens is 1. The first kappa shape index (κ1) is 14.3. The number of aromatic amines is 1. The zero-order valence-corrected chi connectivity index (χ0v) is 12.5. The molecule has 1 unspecified atom stereocenters. The number of carboxylic acids is 1. The highest BCUT2D eigenvalue weighted by molar-refractivity contribution is 6.06. The van der Waals surface area contributed by atoms with E-state index in [0.29, 0.717) is 35.1 Å². The van der Waals surface area contributed by atoms with Gasteiger partial charge in [-0.15, -0.1) is 0 Å². The Bertz CT molecular complexity index is 923. The van der Waals surface area contributed by atoms with Crippen LogP contribution in [0.5, 0.6) is 0 Å². The van der Waals surface area contributed by atoms with E-state index in [-0.39, 0.29) is 5.56 Å². The number of rotatable bonds is 4. The molecule has 6 heteroatoms. The Balaban J connectivity index is 2.53. The molecule has 114 valence electrons. The number of carboxylic acid groups (broad SMARTS) is 1. The van der Waals surface area contributed by atoms with E-state index in [2.05, 4.69) is 10.1 Å². The van der Waals surface area contributed by atoms with Crippen LogP contribution in [0.15, 0.2) is 29.1 Å². The molecule has 0 aliphatic heterocycles. The predicted octanol–water partition coefficient (Wildman–Crippen LogP) is 2.48. The SMILES string of the molecule is CCC(C(=O)O)c1c2c(nn1CC)c(=O)[nH]c1ccccc12. The Hall–Kier alpha value is -2.63. The van der Waals surface area contributed by atoms with Gasteiger partial charge in [0.05, 0.1) is 11.6 Å². The maximum Gasteiger partial charge on any atom is 0.312 e. The molecule has 3 aromatic rings. The lowest BCUT2D eigenvalue weighted by atomic mass is 9.97. The maximum absolute atomic E-state index is 12.3. The van der Waals surface area contributed by atoms with Crippen LogP contribution in [0.25, 0.3) is 21.8 Å². The molecule has 0 bridgehead atoms. The molecule has 2 N–H and O–H groups in total. The number of benzene rings is 1. The Morgan fingerprint density at radius 3 is 2.73 bits per heavy atom. The number of aryl methyl sites for hydroxylation is 1. The number of aliphatic carboxylic acids is 1. The van der Waals surface area contributed by atoms with Gasteiger partial charge >= 0.3 is 5.97 Å². The van der Waals surface area contributed by atoms with E-state index in [4.69, 9.17) is 0 Å². The third-order valence-electron chi connectivity index (χ3n) is 3.99. The summed E-state index contributed by atoms with van der Waals surface area (Å²) in [4.78, 5) is 26.7. The van der Waals surface area contributed by atoms with Gasteiger partial charge in [-0.2, -0.15) is 5.10 Å². The molecule has 2 heterocycles. The summed E-state index contributed by atoms with van der Waals surface area (Å²) in [6.07, 6.45) is 0.442. The lowest BCUT2D eigenvalue weighted by Crippen LogP contribution is -2.16. The highest BCUT2D eigenvalue weighted by Crippen LogP contribution is 2.31. The molecule has 0 aliphatic rings.